The van der Waals surface area contributed by atoms with Gasteiger partial charge < -0.3 is 10.1 Å². The highest BCUT2D eigenvalue weighted by molar-refractivity contribution is 9.10. The van der Waals surface area contributed by atoms with Crippen LogP contribution in [-0.4, -0.2) is 11.9 Å². The number of nitrogens with one attached hydrogen (secondary N) is 1. The Hall–Kier alpha value is -3.09. The molecule has 0 radical (unpaired) electrons. The van der Waals surface area contributed by atoms with E-state index in [9.17, 15) is 9.59 Å². The van der Waals surface area contributed by atoms with Gasteiger partial charge in [0, 0.05) is 15.1 Å². The highest BCUT2D eigenvalue weighted by atomic mass is 79.9. The minimum atomic E-state index is -0.490. The van der Waals surface area contributed by atoms with Crippen molar-refractivity contribution in [3.8, 4) is 5.75 Å². The Bertz CT molecular complexity index is 1130. The molecule has 150 valence electrons. The molecule has 0 atom stereocenters. The summed E-state index contributed by atoms with van der Waals surface area (Å²) in [7, 11) is 0. The fourth-order valence-electron chi connectivity index (χ4n) is 3.01. The van der Waals surface area contributed by atoms with Gasteiger partial charge >= 0.3 is 6.03 Å². The van der Waals surface area contributed by atoms with Crippen LogP contribution in [0.4, 0.5) is 10.5 Å². The van der Waals surface area contributed by atoms with Crippen molar-refractivity contribution < 1.29 is 14.3 Å². The molecule has 7 heteroatoms. The summed E-state index contributed by atoms with van der Waals surface area (Å²) in [5.74, 6) is 0.163. The quantitative estimate of drug-likeness (QED) is 0.370. The van der Waals surface area contributed by atoms with Gasteiger partial charge in [-0.2, -0.15) is 0 Å². The summed E-state index contributed by atoms with van der Waals surface area (Å²) in [5.41, 5.74) is 2.31. The van der Waals surface area contributed by atoms with Crippen LogP contribution in [0.2, 0.25) is 5.02 Å². The van der Waals surface area contributed by atoms with Gasteiger partial charge in [-0.1, -0.05) is 57.9 Å². The van der Waals surface area contributed by atoms with E-state index in [4.69, 9.17) is 16.3 Å². The van der Waals surface area contributed by atoms with Crippen LogP contribution in [0.25, 0.3) is 6.08 Å². The van der Waals surface area contributed by atoms with Crippen LogP contribution in [0.15, 0.2) is 83.0 Å². The summed E-state index contributed by atoms with van der Waals surface area (Å²) in [6.45, 7) is 0.339. The first-order valence-electron chi connectivity index (χ1n) is 9.10. The summed E-state index contributed by atoms with van der Waals surface area (Å²) in [5, 5.41) is 3.30. The number of nitrogens with zero attached hydrogens (tertiary/aromatic N) is 1. The molecule has 1 heterocycles. The monoisotopic (exact) mass is 482 g/mol. The van der Waals surface area contributed by atoms with Crippen molar-refractivity contribution in [2.75, 3.05) is 4.90 Å². The number of amides is 3. The molecule has 0 saturated carbocycles. The lowest BCUT2D eigenvalue weighted by atomic mass is 10.1. The Morgan fingerprint density at radius 2 is 1.73 bits per heavy atom. The lowest BCUT2D eigenvalue weighted by Crippen LogP contribution is -2.30. The van der Waals surface area contributed by atoms with Crippen molar-refractivity contribution in [3.05, 3.63) is 99.1 Å². The Labute approximate surface area is 187 Å². The Morgan fingerprint density at radius 1 is 1.00 bits per heavy atom. The topological polar surface area (TPSA) is 58.6 Å². The van der Waals surface area contributed by atoms with E-state index < -0.39 is 11.9 Å². The second-order valence-electron chi connectivity index (χ2n) is 6.56. The average molecular weight is 484 g/mol. The molecule has 0 unspecified atom stereocenters. The third-order valence-electron chi connectivity index (χ3n) is 4.47. The van der Waals surface area contributed by atoms with Crippen molar-refractivity contribution in [1.82, 2.24) is 5.32 Å². The number of carbonyl (C=O) groups is 2. The van der Waals surface area contributed by atoms with E-state index in [0.29, 0.717) is 28.6 Å². The van der Waals surface area contributed by atoms with Gasteiger partial charge in [0.2, 0.25) is 0 Å². The largest absolute Gasteiger partial charge is 0.488 e. The van der Waals surface area contributed by atoms with Gasteiger partial charge in [0.25, 0.3) is 5.91 Å². The van der Waals surface area contributed by atoms with Crippen LogP contribution in [0.5, 0.6) is 5.75 Å². The van der Waals surface area contributed by atoms with Crippen molar-refractivity contribution >= 4 is 51.2 Å². The van der Waals surface area contributed by atoms with E-state index in [-0.39, 0.29) is 5.70 Å². The molecule has 0 spiro atoms. The van der Waals surface area contributed by atoms with Gasteiger partial charge in [-0.15, -0.1) is 0 Å². The molecule has 0 bridgehead atoms. The van der Waals surface area contributed by atoms with E-state index in [1.165, 1.54) is 0 Å². The summed E-state index contributed by atoms with van der Waals surface area (Å²) in [6.07, 6.45) is 1.62. The fraction of sp³-hybridized carbons (Fsp3) is 0.0435. The summed E-state index contributed by atoms with van der Waals surface area (Å²) in [4.78, 5) is 26.3. The number of benzene rings is 3. The normalized spacial score (nSPS) is 14.9. The maximum absolute atomic E-state index is 12.8. The first-order valence-corrected chi connectivity index (χ1v) is 10.3. The standard InChI is InChI=1S/C23H16BrClN2O3/c24-17-8-11-21(30-14-15-6-9-18(25)10-7-15)16(12-17)13-20-22(28)27(23(29)26-20)19-4-2-1-3-5-19/h1-13H,14H2,(H,26,29)/b20-13+. The molecule has 1 saturated heterocycles. The average Bonchev–Trinajstić information content (AvgIpc) is 3.02. The second kappa shape index (κ2) is 8.73. The van der Waals surface area contributed by atoms with Gasteiger partial charge in [-0.05, 0) is 54.1 Å². The summed E-state index contributed by atoms with van der Waals surface area (Å²) in [6, 6.07) is 21.2. The van der Waals surface area contributed by atoms with Gasteiger partial charge in [0.05, 0.1) is 5.69 Å². The van der Waals surface area contributed by atoms with Crippen molar-refractivity contribution in [1.29, 1.82) is 0 Å². The van der Waals surface area contributed by atoms with E-state index in [0.717, 1.165) is 14.9 Å². The minimum Gasteiger partial charge on any atom is -0.488 e. The minimum absolute atomic E-state index is 0.179. The molecule has 4 rings (SSSR count). The van der Waals surface area contributed by atoms with Crippen LogP contribution in [-0.2, 0) is 11.4 Å². The van der Waals surface area contributed by atoms with Crippen LogP contribution in [0, 0.1) is 0 Å². The number of halogens is 2. The van der Waals surface area contributed by atoms with Gasteiger partial charge in [0.15, 0.2) is 0 Å². The van der Waals surface area contributed by atoms with E-state index in [1.807, 2.05) is 36.4 Å². The number of rotatable bonds is 5. The van der Waals surface area contributed by atoms with Crippen LogP contribution in [0.1, 0.15) is 11.1 Å². The molecule has 30 heavy (non-hydrogen) atoms. The molecule has 0 aliphatic carbocycles. The zero-order valence-corrected chi connectivity index (χ0v) is 18.0. The number of para-hydroxylation sites is 1. The van der Waals surface area contributed by atoms with E-state index >= 15 is 0 Å². The molecular weight excluding hydrogens is 468 g/mol. The van der Waals surface area contributed by atoms with E-state index in [2.05, 4.69) is 21.2 Å². The molecule has 1 N–H and O–H groups in total. The van der Waals surface area contributed by atoms with Crippen LogP contribution >= 0.6 is 27.5 Å². The third-order valence-corrected chi connectivity index (χ3v) is 5.22. The number of carbonyl (C=O) groups excluding carboxylic acids is 2. The molecule has 3 aromatic carbocycles. The van der Waals surface area contributed by atoms with Crippen molar-refractivity contribution in [2.45, 2.75) is 6.61 Å². The van der Waals surface area contributed by atoms with Gasteiger partial charge in [-0.3, -0.25) is 4.79 Å². The Morgan fingerprint density at radius 3 is 2.47 bits per heavy atom. The van der Waals surface area contributed by atoms with Crippen LogP contribution in [0.3, 0.4) is 0 Å². The van der Waals surface area contributed by atoms with Crippen molar-refractivity contribution in [3.63, 3.8) is 0 Å². The first kappa shape index (κ1) is 20.2. The maximum atomic E-state index is 12.8. The van der Waals surface area contributed by atoms with Crippen LogP contribution < -0.4 is 15.0 Å². The summed E-state index contributed by atoms with van der Waals surface area (Å²) >= 11 is 9.37. The molecule has 1 aliphatic heterocycles. The lowest BCUT2D eigenvalue weighted by molar-refractivity contribution is -0.113. The van der Waals surface area contributed by atoms with Gasteiger partial charge in [0.1, 0.15) is 18.1 Å². The van der Waals surface area contributed by atoms with Crippen molar-refractivity contribution in [2.24, 2.45) is 0 Å². The fourth-order valence-corrected chi connectivity index (χ4v) is 3.51. The number of hydrogen-bond donors (Lipinski definition) is 1. The number of hydrogen-bond acceptors (Lipinski definition) is 3. The Balaban J connectivity index is 1.60. The lowest BCUT2D eigenvalue weighted by Gasteiger charge is -2.11. The molecule has 3 amide bonds. The highest BCUT2D eigenvalue weighted by Crippen LogP contribution is 2.28. The zero-order valence-electron chi connectivity index (χ0n) is 15.6. The van der Waals surface area contributed by atoms with E-state index in [1.54, 1.807) is 42.5 Å². The SMILES string of the molecule is O=C1N/C(=C/c2cc(Br)ccc2OCc2ccc(Cl)cc2)C(=O)N1c1ccccc1. The molecule has 1 aliphatic rings. The molecular formula is C23H16BrClN2O3. The maximum Gasteiger partial charge on any atom is 0.333 e. The number of anilines is 1. The molecule has 0 aromatic heterocycles. The zero-order chi connectivity index (χ0) is 21.1. The smallest absolute Gasteiger partial charge is 0.333 e. The van der Waals surface area contributed by atoms with Gasteiger partial charge in [-0.25, -0.2) is 9.69 Å². The number of urea groups is 1. The Kier molecular flexibility index (Phi) is 5.88. The predicted molar refractivity (Wildman–Crippen MR) is 120 cm³/mol. The summed E-state index contributed by atoms with van der Waals surface area (Å²) < 4.78 is 6.78. The number of ether oxygens (including phenoxy) is 1. The predicted octanol–water partition coefficient (Wildman–Crippen LogP) is 5.78. The molecule has 5 nitrogen and oxygen atoms in total. The molecule has 1 fully saturated rings. The molecule has 3 aromatic rings. The first-order chi connectivity index (χ1) is 14.5. The highest BCUT2D eigenvalue weighted by Gasteiger charge is 2.34. The second-order valence-corrected chi connectivity index (χ2v) is 7.91. The third kappa shape index (κ3) is 4.40. The number of imide groups is 1.